The SMILES string of the molecule is S=P(Cl)(Cl)[C@@H]1CCCC[C@H]1Cl. The van der Waals surface area contributed by atoms with Gasteiger partial charge in [-0.3, -0.25) is 0 Å². The second kappa shape index (κ2) is 4.15. The number of alkyl halides is 1. The third-order valence-electron chi connectivity index (χ3n) is 2.03. The third-order valence-corrected chi connectivity index (χ3v) is 6.44. The molecule has 5 heteroatoms. The van der Waals surface area contributed by atoms with Crippen LogP contribution >= 0.6 is 38.8 Å². The van der Waals surface area contributed by atoms with Gasteiger partial charge in [0.15, 0.2) is 0 Å². The van der Waals surface area contributed by atoms with E-state index >= 15 is 0 Å². The van der Waals surface area contributed by atoms with E-state index in [1.165, 1.54) is 12.8 Å². The van der Waals surface area contributed by atoms with Gasteiger partial charge in [-0.2, -0.15) is 0 Å². The van der Waals surface area contributed by atoms with Crippen molar-refractivity contribution in [2.24, 2.45) is 0 Å². The molecule has 0 saturated heterocycles. The molecule has 0 bridgehead atoms. The van der Waals surface area contributed by atoms with Crippen molar-refractivity contribution in [2.45, 2.75) is 36.7 Å². The molecular weight excluding hydrogens is 241 g/mol. The molecule has 0 aliphatic heterocycles. The normalized spacial score (nSPS) is 33.7. The molecule has 0 radical (unpaired) electrons. The summed E-state index contributed by atoms with van der Waals surface area (Å²) in [5.41, 5.74) is 0.191. The first-order valence-electron chi connectivity index (χ1n) is 3.65. The quantitative estimate of drug-likeness (QED) is 0.494. The fourth-order valence-corrected chi connectivity index (χ4v) is 5.91. The highest BCUT2D eigenvalue weighted by Gasteiger charge is 2.32. The van der Waals surface area contributed by atoms with E-state index in [9.17, 15) is 0 Å². The fourth-order valence-electron chi connectivity index (χ4n) is 1.40. The lowest BCUT2D eigenvalue weighted by molar-refractivity contribution is 0.520. The van der Waals surface area contributed by atoms with E-state index in [0.29, 0.717) is 0 Å². The first kappa shape index (κ1) is 10.6. The highest BCUT2D eigenvalue weighted by atomic mass is 35.9. The van der Waals surface area contributed by atoms with Crippen LogP contribution in [-0.2, 0) is 11.8 Å². The molecule has 1 saturated carbocycles. The van der Waals surface area contributed by atoms with E-state index in [2.05, 4.69) is 0 Å². The predicted octanol–water partition coefficient (Wildman–Crippen LogP) is 4.32. The molecule has 0 unspecified atom stereocenters. The number of rotatable bonds is 1. The zero-order valence-corrected chi connectivity index (χ0v) is 9.95. The van der Waals surface area contributed by atoms with Gasteiger partial charge in [-0.1, -0.05) is 47.1 Å². The van der Waals surface area contributed by atoms with E-state index < -0.39 is 4.74 Å². The van der Waals surface area contributed by atoms with Crippen LogP contribution in [0.25, 0.3) is 0 Å². The van der Waals surface area contributed by atoms with E-state index in [-0.39, 0.29) is 11.0 Å². The summed E-state index contributed by atoms with van der Waals surface area (Å²) in [4.78, 5) is 0. The van der Waals surface area contributed by atoms with Gasteiger partial charge in [0.1, 0.15) is 4.74 Å². The van der Waals surface area contributed by atoms with Crippen molar-refractivity contribution >= 4 is 50.6 Å². The van der Waals surface area contributed by atoms with E-state index in [0.717, 1.165) is 12.8 Å². The second-order valence-corrected chi connectivity index (χ2v) is 11.7. The summed E-state index contributed by atoms with van der Waals surface area (Å²) in [6, 6.07) is 0. The molecule has 0 spiro atoms. The summed E-state index contributed by atoms with van der Waals surface area (Å²) < 4.78 is -2.15. The van der Waals surface area contributed by atoms with Crippen molar-refractivity contribution in [2.75, 3.05) is 0 Å². The van der Waals surface area contributed by atoms with E-state index in [4.69, 9.17) is 45.9 Å². The van der Waals surface area contributed by atoms with Crippen LogP contribution in [0.3, 0.4) is 0 Å². The Hall–Kier alpha value is 1.52. The predicted molar refractivity (Wildman–Crippen MR) is 57.9 cm³/mol. The third kappa shape index (κ3) is 3.04. The average Bonchev–Trinajstić information content (AvgIpc) is 1.86. The Bertz CT molecular complexity index is 179. The molecular formula is C6H10Cl3PS. The summed E-state index contributed by atoms with van der Waals surface area (Å²) in [5, 5.41) is 0.115. The first-order valence-corrected chi connectivity index (χ1v) is 8.76. The number of hydrogen-bond donors (Lipinski definition) is 0. The van der Waals surface area contributed by atoms with Gasteiger partial charge in [-0.25, -0.2) is 0 Å². The topological polar surface area (TPSA) is 0 Å². The minimum atomic E-state index is -2.15. The monoisotopic (exact) mass is 250 g/mol. The summed E-state index contributed by atoms with van der Waals surface area (Å²) in [7, 11) is 0. The molecule has 66 valence electrons. The summed E-state index contributed by atoms with van der Waals surface area (Å²) in [6.45, 7) is 0. The molecule has 0 aromatic heterocycles. The maximum atomic E-state index is 6.06. The molecule has 0 nitrogen and oxygen atoms in total. The molecule has 0 heterocycles. The molecule has 1 rings (SSSR count). The molecule has 1 fully saturated rings. The number of hydrogen-bond acceptors (Lipinski definition) is 1. The molecule has 1 aliphatic carbocycles. The molecule has 11 heavy (non-hydrogen) atoms. The second-order valence-electron chi connectivity index (χ2n) is 2.87. The van der Waals surface area contributed by atoms with E-state index in [1.54, 1.807) is 0 Å². The molecule has 0 aromatic carbocycles. The van der Waals surface area contributed by atoms with Crippen molar-refractivity contribution in [1.29, 1.82) is 0 Å². The summed E-state index contributed by atoms with van der Waals surface area (Å²) in [6.07, 6.45) is 4.39. The van der Waals surface area contributed by atoms with Gasteiger partial charge in [0.25, 0.3) is 0 Å². The maximum absolute atomic E-state index is 6.06. The zero-order valence-electron chi connectivity index (χ0n) is 5.97. The van der Waals surface area contributed by atoms with Gasteiger partial charge < -0.3 is 0 Å². The Balaban J connectivity index is 2.62. The zero-order chi connectivity index (χ0) is 8.48. The Morgan fingerprint density at radius 2 is 1.73 bits per heavy atom. The molecule has 0 N–H and O–H groups in total. The standard InChI is InChI=1S/C6H10Cl3PS/c7-5-3-1-2-4-6(5)10(8,9)11/h5-6H,1-4H2/t5-,6-/m1/s1. The molecule has 0 aromatic rings. The van der Waals surface area contributed by atoms with Crippen molar-refractivity contribution in [1.82, 2.24) is 0 Å². The van der Waals surface area contributed by atoms with E-state index in [1.807, 2.05) is 0 Å². The lowest BCUT2D eigenvalue weighted by atomic mass is 10.00. The average molecular weight is 252 g/mol. The largest absolute Gasteiger partial charge is 0.124 e. The van der Waals surface area contributed by atoms with Crippen LogP contribution in [0.15, 0.2) is 0 Å². The smallest absolute Gasteiger partial charge is 0.122 e. The van der Waals surface area contributed by atoms with Gasteiger partial charge in [-0.15, -0.1) is 11.6 Å². The van der Waals surface area contributed by atoms with Crippen molar-refractivity contribution in [3.8, 4) is 0 Å². The Labute approximate surface area is 87.2 Å². The molecule has 1 aliphatic rings. The highest BCUT2D eigenvalue weighted by Crippen LogP contribution is 2.65. The lowest BCUT2D eigenvalue weighted by Gasteiger charge is -2.29. The van der Waals surface area contributed by atoms with Crippen molar-refractivity contribution in [3.05, 3.63) is 0 Å². The van der Waals surface area contributed by atoms with Gasteiger partial charge in [0, 0.05) is 11.0 Å². The van der Waals surface area contributed by atoms with Crippen molar-refractivity contribution < 1.29 is 0 Å². The van der Waals surface area contributed by atoms with Crippen LogP contribution < -0.4 is 0 Å². The Morgan fingerprint density at radius 1 is 1.18 bits per heavy atom. The van der Waals surface area contributed by atoms with Gasteiger partial charge >= 0.3 is 0 Å². The van der Waals surface area contributed by atoms with Crippen LogP contribution in [0.1, 0.15) is 25.7 Å². The Morgan fingerprint density at radius 3 is 2.09 bits per heavy atom. The van der Waals surface area contributed by atoms with Crippen LogP contribution in [0, 0.1) is 0 Å². The van der Waals surface area contributed by atoms with Crippen LogP contribution in [-0.4, -0.2) is 11.0 Å². The summed E-state index contributed by atoms with van der Waals surface area (Å²) in [5.74, 6) is 0. The highest BCUT2D eigenvalue weighted by molar-refractivity contribution is 8.39. The Kier molecular flexibility index (Phi) is 4.00. The van der Waals surface area contributed by atoms with Gasteiger partial charge in [-0.05, 0) is 12.8 Å². The summed E-state index contributed by atoms with van der Waals surface area (Å²) >= 11 is 22.9. The van der Waals surface area contributed by atoms with Crippen LogP contribution in [0.2, 0.25) is 0 Å². The molecule has 2 atom stereocenters. The van der Waals surface area contributed by atoms with Gasteiger partial charge in [0.2, 0.25) is 0 Å². The minimum Gasteiger partial charge on any atom is -0.122 e. The van der Waals surface area contributed by atoms with Crippen molar-refractivity contribution in [3.63, 3.8) is 0 Å². The van der Waals surface area contributed by atoms with Crippen LogP contribution in [0.5, 0.6) is 0 Å². The fraction of sp³-hybridized carbons (Fsp3) is 1.00. The maximum Gasteiger partial charge on any atom is 0.124 e. The number of halogens is 3. The van der Waals surface area contributed by atoms with Gasteiger partial charge in [0.05, 0.1) is 0 Å². The minimum absolute atomic E-state index is 0.115. The molecule has 0 amide bonds. The van der Waals surface area contributed by atoms with Crippen LogP contribution in [0.4, 0.5) is 0 Å². The lowest BCUT2D eigenvalue weighted by Crippen LogP contribution is -2.22. The first-order chi connectivity index (χ1) is 5.02.